The Balaban J connectivity index is 1.83. The van der Waals surface area contributed by atoms with Gasteiger partial charge in [0.15, 0.2) is 0 Å². The lowest BCUT2D eigenvalue weighted by Gasteiger charge is -2.24. The largest absolute Gasteiger partial charge is 0.496 e. The van der Waals surface area contributed by atoms with E-state index in [4.69, 9.17) is 14.7 Å². The number of carbonyl (C=O) groups is 1. The molecule has 0 aromatic heterocycles. The van der Waals surface area contributed by atoms with Crippen molar-refractivity contribution in [2.24, 2.45) is 0 Å². The van der Waals surface area contributed by atoms with Gasteiger partial charge in [0, 0.05) is 24.2 Å². The maximum Gasteiger partial charge on any atom is 0.254 e. The van der Waals surface area contributed by atoms with Crippen LogP contribution in [0.2, 0.25) is 0 Å². The Hall–Kier alpha value is -3.78. The van der Waals surface area contributed by atoms with Crippen molar-refractivity contribution in [1.29, 1.82) is 5.26 Å². The Bertz CT molecular complexity index is 1080. The molecule has 3 aromatic rings. The molecule has 0 atom stereocenters. The molecule has 0 N–H and O–H groups in total. The monoisotopic (exact) mass is 442 g/mol. The first-order valence-corrected chi connectivity index (χ1v) is 11.1. The molecule has 1 amide bonds. The van der Waals surface area contributed by atoms with Gasteiger partial charge in [-0.3, -0.25) is 4.79 Å². The third kappa shape index (κ3) is 6.36. The fraction of sp³-hybridized carbons (Fsp3) is 0.286. The predicted molar refractivity (Wildman–Crippen MR) is 130 cm³/mol. The van der Waals surface area contributed by atoms with Gasteiger partial charge < -0.3 is 14.4 Å². The highest BCUT2D eigenvalue weighted by molar-refractivity contribution is 5.95. The standard InChI is InChI=1S/C28H30N2O3/c1-21-26(32-2)18-25(19-27(21)33-3)28(31)30(17-7-10-22-8-5-4-6-9-22)20-24-13-11-23(12-14-24)15-16-29/h4-6,8-9,11-14,18-19H,7,10,15,17,20H2,1-3H3. The summed E-state index contributed by atoms with van der Waals surface area (Å²) in [5.74, 6) is 1.19. The minimum absolute atomic E-state index is 0.0687. The summed E-state index contributed by atoms with van der Waals surface area (Å²) in [5.41, 5.74) is 4.65. The zero-order chi connectivity index (χ0) is 23.6. The molecule has 0 aliphatic carbocycles. The van der Waals surface area contributed by atoms with Crippen molar-refractivity contribution < 1.29 is 14.3 Å². The summed E-state index contributed by atoms with van der Waals surface area (Å²) in [5, 5.41) is 8.91. The van der Waals surface area contributed by atoms with E-state index in [9.17, 15) is 4.79 Å². The van der Waals surface area contributed by atoms with Crippen LogP contribution < -0.4 is 9.47 Å². The van der Waals surface area contributed by atoms with Crippen LogP contribution in [0.4, 0.5) is 0 Å². The fourth-order valence-electron chi connectivity index (χ4n) is 3.84. The fourth-order valence-corrected chi connectivity index (χ4v) is 3.84. The highest BCUT2D eigenvalue weighted by Crippen LogP contribution is 2.30. The molecular formula is C28H30N2O3. The Morgan fingerprint density at radius 2 is 1.52 bits per heavy atom. The summed E-state index contributed by atoms with van der Waals surface area (Å²) >= 11 is 0. The molecular weight excluding hydrogens is 412 g/mol. The average Bonchev–Trinajstić information content (AvgIpc) is 2.85. The Kier molecular flexibility index (Phi) is 8.49. The van der Waals surface area contributed by atoms with Crippen LogP contribution in [0.15, 0.2) is 66.7 Å². The Morgan fingerprint density at radius 1 is 0.909 bits per heavy atom. The second kappa shape index (κ2) is 11.7. The molecule has 0 bridgehead atoms. The van der Waals surface area contributed by atoms with E-state index in [0.29, 0.717) is 36.6 Å². The molecule has 0 radical (unpaired) electrons. The van der Waals surface area contributed by atoms with Gasteiger partial charge in [0.1, 0.15) is 11.5 Å². The van der Waals surface area contributed by atoms with Crippen LogP contribution in [0.5, 0.6) is 11.5 Å². The molecule has 0 spiro atoms. The molecule has 3 rings (SSSR count). The van der Waals surface area contributed by atoms with Crippen molar-refractivity contribution in [3.63, 3.8) is 0 Å². The second-order valence-electron chi connectivity index (χ2n) is 7.97. The van der Waals surface area contributed by atoms with Crippen LogP contribution in [0.1, 0.15) is 39.0 Å². The second-order valence-corrected chi connectivity index (χ2v) is 7.97. The molecule has 170 valence electrons. The molecule has 0 aliphatic heterocycles. The number of ether oxygens (including phenoxy) is 2. The Morgan fingerprint density at radius 3 is 2.09 bits per heavy atom. The van der Waals surface area contributed by atoms with E-state index in [-0.39, 0.29) is 5.91 Å². The number of benzene rings is 3. The summed E-state index contributed by atoms with van der Waals surface area (Å²) in [6, 6.07) is 23.9. The zero-order valence-corrected chi connectivity index (χ0v) is 19.5. The van der Waals surface area contributed by atoms with E-state index >= 15 is 0 Å². The van der Waals surface area contributed by atoms with Crippen LogP contribution in [0, 0.1) is 18.3 Å². The van der Waals surface area contributed by atoms with Gasteiger partial charge >= 0.3 is 0 Å². The van der Waals surface area contributed by atoms with Gasteiger partial charge in [0.05, 0.1) is 26.7 Å². The molecule has 0 heterocycles. The number of rotatable bonds is 10. The van der Waals surface area contributed by atoms with Crippen LogP contribution in [0.25, 0.3) is 0 Å². The molecule has 0 unspecified atom stereocenters. The van der Waals surface area contributed by atoms with Crippen molar-refractivity contribution in [2.45, 2.75) is 32.7 Å². The summed E-state index contributed by atoms with van der Waals surface area (Å²) in [4.78, 5) is 15.4. The number of carbonyl (C=O) groups excluding carboxylic acids is 1. The lowest BCUT2D eigenvalue weighted by molar-refractivity contribution is 0.0740. The zero-order valence-electron chi connectivity index (χ0n) is 19.5. The first kappa shape index (κ1) is 23.9. The van der Waals surface area contributed by atoms with Gasteiger partial charge in [-0.15, -0.1) is 0 Å². The molecule has 5 nitrogen and oxygen atoms in total. The number of aryl methyl sites for hydroxylation is 1. The maximum atomic E-state index is 13.6. The molecule has 33 heavy (non-hydrogen) atoms. The van der Waals surface area contributed by atoms with Crippen molar-refractivity contribution in [3.8, 4) is 17.6 Å². The summed E-state index contributed by atoms with van der Waals surface area (Å²) in [6.45, 7) is 3.01. The molecule has 0 aliphatic rings. The molecule has 3 aromatic carbocycles. The minimum Gasteiger partial charge on any atom is -0.496 e. The number of hydrogen-bond donors (Lipinski definition) is 0. The van der Waals surface area contributed by atoms with Crippen molar-refractivity contribution in [3.05, 3.63) is 94.5 Å². The first-order chi connectivity index (χ1) is 16.0. The molecule has 0 fully saturated rings. The van der Waals surface area contributed by atoms with E-state index in [1.54, 1.807) is 26.4 Å². The third-order valence-electron chi connectivity index (χ3n) is 5.70. The average molecular weight is 443 g/mol. The number of nitrogens with zero attached hydrogens (tertiary/aromatic N) is 2. The summed E-state index contributed by atoms with van der Waals surface area (Å²) in [6.07, 6.45) is 2.12. The van der Waals surface area contributed by atoms with Gasteiger partial charge in [-0.25, -0.2) is 0 Å². The molecule has 0 saturated heterocycles. The number of hydrogen-bond acceptors (Lipinski definition) is 4. The lowest BCUT2D eigenvalue weighted by atomic mass is 10.1. The van der Waals surface area contributed by atoms with Crippen molar-refractivity contribution in [1.82, 2.24) is 4.90 Å². The Labute approximate surface area is 196 Å². The van der Waals surface area contributed by atoms with E-state index in [0.717, 1.165) is 29.5 Å². The van der Waals surface area contributed by atoms with Crippen LogP contribution in [-0.2, 0) is 19.4 Å². The topological polar surface area (TPSA) is 62.6 Å². The quantitative estimate of drug-likeness (QED) is 0.424. The van der Waals surface area contributed by atoms with Gasteiger partial charge in [0.2, 0.25) is 0 Å². The molecule has 5 heteroatoms. The van der Waals surface area contributed by atoms with E-state index in [1.807, 2.05) is 54.3 Å². The van der Waals surface area contributed by atoms with Crippen LogP contribution in [0.3, 0.4) is 0 Å². The van der Waals surface area contributed by atoms with Gasteiger partial charge in [-0.05, 0) is 48.6 Å². The van der Waals surface area contributed by atoms with Crippen LogP contribution in [-0.4, -0.2) is 31.6 Å². The number of methoxy groups -OCH3 is 2. The molecule has 0 saturated carbocycles. The SMILES string of the molecule is COc1cc(C(=O)N(CCCc2ccccc2)Cc2ccc(CC#N)cc2)cc(OC)c1C. The minimum atomic E-state index is -0.0687. The highest BCUT2D eigenvalue weighted by Gasteiger charge is 2.20. The van der Waals surface area contributed by atoms with Gasteiger partial charge in [-0.2, -0.15) is 5.26 Å². The predicted octanol–water partition coefficient (Wildman–Crippen LogP) is 5.35. The normalized spacial score (nSPS) is 10.4. The lowest BCUT2D eigenvalue weighted by Crippen LogP contribution is -2.32. The highest BCUT2D eigenvalue weighted by atomic mass is 16.5. The summed E-state index contributed by atoms with van der Waals surface area (Å²) < 4.78 is 10.9. The van der Waals surface area contributed by atoms with E-state index in [1.165, 1.54) is 5.56 Å². The van der Waals surface area contributed by atoms with Crippen LogP contribution >= 0.6 is 0 Å². The van der Waals surface area contributed by atoms with Gasteiger partial charge in [0.25, 0.3) is 5.91 Å². The maximum absolute atomic E-state index is 13.6. The smallest absolute Gasteiger partial charge is 0.254 e. The number of nitriles is 1. The van der Waals surface area contributed by atoms with E-state index < -0.39 is 0 Å². The van der Waals surface area contributed by atoms with Gasteiger partial charge in [-0.1, -0.05) is 54.6 Å². The number of amides is 1. The van der Waals surface area contributed by atoms with E-state index in [2.05, 4.69) is 18.2 Å². The first-order valence-electron chi connectivity index (χ1n) is 11.1. The third-order valence-corrected chi connectivity index (χ3v) is 5.70. The van der Waals surface area contributed by atoms with Crippen molar-refractivity contribution in [2.75, 3.05) is 20.8 Å². The van der Waals surface area contributed by atoms with Crippen molar-refractivity contribution >= 4 is 5.91 Å². The summed E-state index contributed by atoms with van der Waals surface area (Å²) in [7, 11) is 3.19.